The van der Waals surface area contributed by atoms with Crippen molar-refractivity contribution in [1.82, 2.24) is 15.1 Å². The number of amides is 2. The molecule has 158 valence electrons. The number of rotatable bonds is 9. The number of hydrogen-bond acceptors (Lipinski definition) is 4. The second kappa shape index (κ2) is 12.8. The smallest absolute Gasteiger partial charge is 0.253 e. The zero-order valence-electron chi connectivity index (χ0n) is 17.4. The molecule has 0 atom stereocenters. The molecule has 2 amide bonds. The van der Waals surface area contributed by atoms with Gasteiger partial charge in [-0.3, -0.25) is 14.5 Å². The summed E-state index contributed by atoms with van der Waals surface area (Å²) in [5, 5.41) is 6.15. The standard InChI is InChI=1S/C21H34N4O2.ClH/c1-4-25(5-2)21(27)18-7-6-8-19(15-18)23-20(26)16-24-13-10-17(11-14-24)9-12-22-3;/h6-8,15,17,22H,4-5,9-14,16H2,1-3H3,(H,23,26);1H. The molecule has 1 aromatic carbocycles. The Morgan fingerprint density at radius 2 is 1.86 bits per heavy atom. The SMILES string of the molecule is CCN(CC)C(=O)c1cccc(NC(=O)CN2CCC(CCNC)CC2)c1.Cl. The second-order valence-electron chi connectivity index (χ2n) is 7.22. The minimum Gasteiger partial charge on any atom is -0.339 e. The fourth-order valence-electron chi connectivity index (χ4n) is 3.61. The maximum atomic E-state index is 12.5. The van der Waals surface area contributed by atoms with E-state index >= 15 is 0 Å². The highest BCUT2D eigenvalue weighted by atomic mass is 35.5. The highest BCUT2D eigenvalue weighted by Gasteiger charge is 2.20. The molecule has 2 N–H and O–H groups in total. The van der Waals surface area contributed by atoms with Gasteiger partial charge in [0.05, 0.1) is 6.54 Å². The first-order chi connectivity index (χ1) is 13.1. The molecular formula is C21H35ClN4O2. The van der Waals surface area contributed by atoms with E-state index in [4.69, 9.17) is 0 Å². The van der Waals surface area contributed by atoms with Gasteiger partial charge in [0.2, 0.25) is 5.91 Å². The molecule has 0 saturated carbocycles. The van der Waals surface area contributed by atoms with Crippen molar-refractivity contribution in [2.24, 2.45) is 5.92 Å². The lowest BCUT2D eigenvalue weighted by molar-refractivity contribution is -0.117. The van der Waals surface area contributed by atoms with Crippen molar-refractivity contribution in [3.63, 3.8) is 0 Å². The number of nitrogens with one attached hydrogen (secondary N) is 2. The molecule has 1 aliphatic heterocycles. The van der Waals surface area contributed by atoms with Gasteiger partial charge in [-0.25, -0.2) is 0 Å². The van der Waals surface area contributed by atoms with Gasteiger partial charge in [0, 0.05) is 24.3 Å². The lowest BCUT2D eigenvalue weighted by Crippen LogP contribution is -2.39. The van der Waals surface area contributed by atoms with E-state index in [9.17, 15) is 9.59 Å². The first kappa shape index (κ1) is 24.4. The van der Waals surface area contributed by atoms with Crippen LogP contribution in [0.3, 0.4) is 0 Å². The predicted molar refractivity (Wildman–Crippen MR) is 117 cm³/mol. The second-order valence-corrected chi connectivity index (χ2v) is 7.22. The van der Waals surface area contributed by atoms with Crippen molar-refractivity contribution < 1.29 is 9.59 Å². The Labute approximate surface area is 175 Å². The Bertz CT molecular complexity index is 614. The molecule has 0 spiro atoms. The Morgan fingerprint density at radius 3 is 2.46 bits per heavy atom. The van der Waals surface area contributed by atoms with Gasteiger partial charge in [-0.05, 0) is 83.9 Å². The van der Waals surface area contributed by atoms with Crippen LogP contribution in [0.1, 0.15) is 43.5 Å². The average molecular weight is 411 g/mol. The molecule has 1 aliphatic rings. The average Bonchev–Trinajstić information content (AvgIpc) is 2.68. The number of halogens is 1. The molecule has 0 aliphatic carbocycles. The van der Waals surface area contributed by atoms with Gasteiger partial charge < -0.3 is 15.5 Å². The van der Waals surface area contributed by atoms with E-state index in [1.807, 2.05) is 33.0 Å². The molecule has 0 unspecified atom stereocenters. The number of likely N-dealkylation sites (tertiary alicyclic amines) is 1. The highest BCUT2D eigenvalue weighted by Crippen LogP contribution is 2.20. The fraction of sp³-hybridized carbons (Fsp3) is 0.619. The van der Waals surface area contributed by atoms with Crippen LogP contribution in [0.2, 0.25) is 0 Å². The number of benzene rings is 1. The van der Waals surface area contributed by atoms with Crippen LogP contribution in [0.4, 0.5) is 5.69 Å². The molecule has 1 heterocycles. The summed E-state index contributed by atoms with van der Waals surface area (Å²) in [5.41, 5.74) is 1.30. The lowest BCUT2D eigenvalue weighted by Gasteiger charge is -2.31. The minimum absolute atomic E-state index is 0. The highest BCUT2D eigenvalue weighted by molar-refractivity contribution is 5.97. The van der Waals surface area contributed by atoms with E-state index in [2.05, 4.69) is 15.5 Å². The Hall–Kier alpha value is -1.63. The van der Waals surface area contributed by atoms with Crippen molar-refractivity contribution in [3.8, 4) is 0 Å². The third-order valence-corrected chi connectivity index (χ3v) is 5.32. The van der Waals surface area contributed by atoms with Crippen LogP contribution in [0.5, 0.6) is 0 Å². The summed E-state index contributed by atoms with van der Waals surface area (Å²) in [7, 11) is 1.99. The molecule has 2 rings (SSSR count). The van der Waals surface area contributed by atoms with Gasteiger partial charge in [-0.2, -0.15) is 0 Å². The van der Waals surface area contributed by atoms with Gasteiger partial charge in [-0.15, -0.1) is 12.4 Å². The summed E-state index contributed by atoms with van der Waals surface area (Å²) < 4.78 is 0. The van der Waals surface area contributed by atoms with E-state index in [1.54, 1.807) is 17.0 Å². The quantitative estimate of drug-likeness (QED) is 0.657. The van der Waals surface area contributed by atoms with Crippen LogP contribution in [0, 0.1) is 5.92 Å². The Balaban J connectivity index is 0.00000392. The van der Waals surface area contributed by atoms with E-state index in [0.717, 1.165) is 38.4 Å². The minimum atomic E-state index is -0.0175. The van der Waals surface area contributed by atoms with Gasteiger partial charge in [0.15, 0.2) is 0 Å². The normalized spacial score (nSPS) is 15.0. The lowest BCUT2D eigenvalue weighted by atomic mass is 9.93. The van der Waals surface area contributed by atoms with E-state index < -0.39 is 0 Å². The number of anilines is 1. The predicted octanol–water partition coefficient (Wildman–Crippen LogP) is 2.85. The first-order valence-electron chi connectivity index (χ1n) is 10.1. The molecule has 28 heavy (non-hydrogen) atoms. The van der Waals surface area contributed by atoms with Crippen LogP contribution in [0.15, 0.2) is 24.3 Å². The summed E-state index contributed by atoms with van der Waals surface area (Å²) in [5.74, 6) is 0.746. The van der Waals surface area contributed by atoms with Gasteiger partial charge >= 0.3 is 0 Å². The number of hydrogen-bond donors (Lipinski definition) is 2. The zero-order chi connectivity index (χ0) is 19.6. The van der Waals surface area contributed by atoms with Gasteiger partial charge in [-0.1, -0.05) is 6.07 Å². The van der Waals surface area contributed by atoms with Crippen LogP contribution in [-0.2, 0) is 4.79 Å². The third-order valence-electron chi connectivity index (χ3n) is 5.32. The summed E-state index contributed by atoms with van der Waals surface area (Å²) in [4.78, 5) is 28.9. The maximum absolute atomic E-state index is 12.5. The molecule has 0 bridgehead atoms. The monoisotopic (exact) mass is 410 g/mol. The topological polar surface area (TPSA) is 64.7 Å². The van der Waals surface area contributed by atoms with Crippen LogP contribution in [0.25, 0.3) is 0 Å². The van der Waals surface area contributed by atoms with Gasteiger partial charge in [0.25, 0.3) is 5.91 Å². The fourth-order valence-corrected chi connectivity index (χ4v) is 3.61. The molecule has 0 radical (unpaired) electrons. The van der Waals surface area contributed by atoms with Crippen molar-refractivity contribution in [2.45, 2.75) is 33.1 Å². The summed E-state index contributed by atoms with van der Waals surface area (Å²) >= 11 is 0. The van der Waals surface area contributed by atoms with Crippen LogP contribution >= 0.6 is 12.4 Å². The Morgan fingerprint density at radius 1 is 1.18 bits per heavy atom. The molecule has 6 nitrogen and oxygen atoms in total. The first-order valence-corrected chi connectivity index (χ1v) is 10.1. The van der Waals surface area contributed by atoms with Crippen molar-refractivity contribution in [1.29, 1.82) is 0 Å². The summed E-state index contributed by atoms with van der Waals surface area (Å²) in [6.07, 6.45) is 3.52. The molecule has 1 fully saturated rings. The third kappa shape index (κ3) is 7.41. The molecular weight excluding hydrogens is 376 g/mol. The molecule has 1 saturated heterocycles. The van der Waals surface area contributed by atoms with Crippen molar-refractivity contribution in [3.05, 3.63) is 29.8 Å². The number of piperidine rings is 1. The van der Waals surface area contributed by atoms with E-state index in [1.165, 1.54) is 6.42 Å². The van der Waals surface area contributed by atoms with Crippen LogP contribution < -0.4 is 10.6 Å². The van der Waals surface area contributed by atoms with Crippen molar-refractivity contribution in [2.75, 3.05) is 51.6 Å². The number of carbonyl (C=O) groups is 2. The number of carbonyl (C=O) groups excluding carboxylic acids is 2. The largest absolute Gasteiger partial charge is 0.339 e. The van der Waals surface area contributed by atoms with E-state index in [-0.39, 0.29) is 24.2 Å². The molecule has 0 aromatic heterocycles. The maximum Gasteiger partial charge on any atom is 0.253 e. The van der Waals surface area contributed by atoms with E-state index in [0.29, 0.717) is 30.9 Å². The molecule has 1 aromatic rings. The summed E-state index contributed by atoms with van der Waals surface area (Å²) in [6.45, 7) is 8.71. The van der Waals surface area contributed by atoms with Crippen molar-refractivity contribution >= 4 is 29.9 Å². The zero-order valence-corrected chi connectivity index (χ0v) is 18.2. The molecule has 7 heteroatoms. The van der Waals surface area contributed by atoms with Gasteiger partial charge in [0.1, 0.15) is 0 Å². The number of nitrogens with zero attached hydrogens (tertiary/aromatic N) is 2. The Kier molecular flexibility index (Phi) is 11.1. The summed E-state index contributed by atoms with van der Waals surface area (Å²) in [6, 6.07) is 7.22. The van der Waals surface area contributed by atoms with Crippen LogP contribution in [-0.4, -0.2) is 67.9 Å².